The Morgan fingerprint density at radius 3 is 1.76 bits per heavy atom. The van der Waals surface area contributed by atoms with Crippen molar-refractivity contribution in [3.63, 3.8) is 0 Å². The molecule has 3 aliphatic heterocycles. The monoisotopic (exact) mass is 745 g/mol. The summed E-state index contributed by atoms with van der Waals surface area (Å²) in [6.07, 6.45) is -24.7. The van der Waals surface area contributed by atoms with E-state index >= 15 is 0 Å². The van der Waals surface area contributed by atoms with Gasteiger partial charge in [0.05, 0.1) is 33.0 Å². The minimum absolute atomic E-state index is 0.0233. The number of thioether (sulfide) groups is 1. The third-order valence-electron chi connectivity index (χ3n) is 8.50. The summed E-state index contributed by atoms with van der Waals surface area (Å²) < 4.78 is 39.2. The molecule has 3 heterocycles. The van der Waals surface area contributed by atoms with Crippen LogP contribution in [0, 0.1) is 0 Å². The molecule has 3 fully saturated rings. The third kappa shape index (κ3) is 9.12. The lowest BCUT2D eigenvalue weighted by molar-refractivity contribution is -0.393. The normalized spacial score (nSPS) is 39.5. The first-order valence-corrected chi connectivity index (χ1v) is 17.3. The van der Waals surface area contributed by atoms with Gasteiger partial charge in [-0.2, -0.15) is 11.8 Å². The van der Waals surface area contributed by atoms with Crippen LogP contribution in [0.25, 0.3) is 0 Å². The van der Waals surface area contributed by atoms with Crippen LogP contribution < -0.4 is 20.9 Å². The lowest BCUT2D eigenvalue weighted by Gasteiger charge is -2.48. The second-order valence-corrected chi connectivity index (χ2v) is 13.1. The summed E-state index contributed by atoms with van der Waals surface area (Å²) >= 11 is 1.49. The lowest BCUT2D eigenvalue weighted by atomic mass is 9.96. The lowest BCUT2D eigenvalue weighted by Crippen LogP contribution is -2.67. The van der Waals surface area contributed by atoms with Gasteiger partial charge in [-0.25, -0.2) is 0 Å². The van der Waals surface area contributed by atoms with Crippen LogP contribution in [-0.4, -0.2) is 194 Å². The van der Waals surface area contributed by atoms with E-state index in [0.29, 0.717) is 24.5 Å². The van der Waals surface area contributed by atoms with Gasteiger partial charge in [-0.05, 0) is 19.1 Å². The molecule has 0 radical (unpaired) electrons. The molecule has 0 saturated carbocycles. The minimum Gasteiger partial charge on any atom is -0.488 e. The van der Waals surface area contributed by atoms with Gasteiger partial charge in [0.1, 0.15) is 78.9 Å². The fourth-order valence-electron chi connectivity index (χ4n) is 5.66. The highest BCUT2D eigenvalue weighted by atomic mass is 32.2. The van der Waals surface area contributed by atoms with Crippen LogP contribution in [0.15, 0.2) is 9.59 Å². The van der Waals surface area contributed by atoms with Crippen LogP contribution >= 0.6 is 11.8 Å². The number of hydrogen-bond donors (Lipinski definition) is 11. The number of ether oxygens (including phenoxy) is 7. The van der Waals surface area contributed by atoms with Gasteiger partial charge in [0.2, 0.25) is 0 Å². The fraction of sp³-hybridized carbons (Fsp3) is 0.862. The first-order valence-electron chi connectivity index (χ1n) is 16.2. The highest BCUT2D eigenvalue weighted by Crippen LogP contribution is 2.33. The van der Waals surface area contributed by atoms with Gasteiger partial charge in [-0.1, -0.05) is 0 Å². The number of hydrogen-bond acceptors (Lipinski definition) is 21. The second-order valence-electron chi connectivity index (χ2n) is 11.9. The van der Waals surface area contributed by atoms with Crippen molar-refractivity contribution in [1.82, 2.24) is 0 Å². The van der Waals surface area contributed by atoms with E-state index in [1.54, 1.807) is 6.92 Å². The van der Waals surface area contributed by atoms with Crippen molar-refractivity contribution in [2.24, 2.45) is 0 Å². The predicted molar refractivity (Wildman–Crippen MR) is 168 cm³/mol. The van der Waals surface area contributed by atoms with Gasteiger partial charge in [0, 0.05) is 12.3 Å². The molecule has 0 amide bonds. The molecule has 21 heteroatoms. The Morgan fingerprint density at radius 2 is 1.18 bits per heavy atom. The van der Waals surface area contributed by atoms with E-state index < -0.39 is 123 Å². The van der Waals surface area contributed by atoms with Gasteiger partial charge in [0.25, 0.3) is 10.9 Å². The Balaban J connectivity index is 1.38. The maximum atomic E-state index is 11.7. The molecule has 50 heavy (non-hydrogen) atoms. The molecule has 3 saturated heterocycles. The van der Waals surface area contributed by atoms with Gasteiger partial charge in [-0.3, -0.25) is 9.59 Å². The smallest absolute Gasteiger partial charge is 0.272 e. The molecule has 11 N–H and O–H groups in total. The summed E-state index contributed by atoms with van der Waals surface area (Å²) in [4.78, 5) is 23.3. The van der Waals surface area contributed by atoms with Crippen molar-refractivity contribution in [3.8, 4) is 5.75 Å². The molecule has 20 nitrogen and oxygen atoms in total. The number of anilines is 1. The summed E-state index contributed by atoms with van der Waals surface area (Å²) in [7, 11) is 0. The number of rotatable bonds is 18. The predicted octanol–water partition coefficient (Wildman–Crippen LogP) is -6.32. The van der Waals surface area contributed by atoms with Crippen LogP contribution in [0.2, 0.25) is 0 Å². The van der Waals surface area contributed by atoms with Gasteiger partial charge < -0.3 is 89.5 Å². The van der Waals surface area contributed by atoms with Crippen molar-refractivity contribution < 1.29 is 84.2 Å². The highest BCUT2D eigenvalue weighted by molar-refractivity contribution is 7.99. The Kier molecular flexibility index (Phi) is 15.6. The van der Waals surface area contributed by atoms with Crippen LogP contribution in [0.3, 0.4) is 0 Å². The average Bonchev–Trinajstić information content (AvgIpc) is 3.12. The molecule has 1 aromatic rings. The van der Waals surface area contributed by atoms with Gasteiger partial charge in [0.15, 0.2) is 24.6 Å². The molecule has 0 bridgehead atoms. The average molecular weight is 746 g/mol. The van der Waals surface area contributed by atoms with Crippen LogP contribution in [0.5, 0.6) is 5.75 Å². The van der Waals surface area contributed by atoms with E-state index in [0.717, 1.165) is 0 Å². The molecule has 0 aliphatic carbocycles. The number of nitrogens with one attached hydrogen (secondary N) is 1. The van der Waals surface area contributed by atoms with Crippen molar-refractivity contribution in [3.05, 3.63) is 20.4 Å². The zero-order valence-electron chi connectivity index (χ0n) is 27.1. The Bertz CT molecular complexity index is 1250. The number of aliphatic hydroxyl groups excluding tert-OH is 10. The molecule has 0 spiro atoms. The van der Waals surface area contributed by atoms with E-state index in [9.17, 15) is 60.7 Å². The Labute approximate surface area is 289 Å². The summed E-state index contributed by atoms with van der Waals surface area (Å²) in [5.74, 6) is 1.14. The minimum atomic E-state index is -1.91. The second kappa shape index (κ2) is 18.9. The molecule has 1 aromatic carbocycles. The van der Waals surface area contributed by atoms with Crippen molar-refractivity contribution in [1.29, 1.82) is 0 Å². The van der Waals surface area contributed by atoms with E-state index in [1.165, 1.54) is 11.8 Å². The number of aliphatic hydroxyl groups is 10. The molecule has 0 unspecified atom stereocenters. The first kappa shape index (κ1) is 41.2. The van der Waals surface area contributed by atoms with Crippen molar-refractivity contribution in [2.45, 2.75) is 105 Å². The van der Waals surface area contributed by atoms with Crippen LogP contribution in [-0.2, 0) is 28.4 Å². The van der Waals surface area contributed by atoms with E-state index in [1.807, 2.05) is 0 Å². The van der Waals surface area contributed by atoms with Crippen LogP contribution in [0.4, 0.5) is 5.69 Å². The molecule has 4 rings (SSSR count). The summed E-state index contributed by atoms with van der Waals surface area (Å²) in [5, 5.41) is 106. The topological polar surface area (TPSA) is 313 Å². The molecular formula is C29H47NO19S. The SMILES string of the molecule is CCOc1c(NCCSCCCO[C@@H]2O[C@H](CO)[C@@H](O)[C@H](O)[C@@H]2O[C@@H]2O[C@H](CO)[C@@H](O)[C@H](O)[C@@H]2O[C@@H]2O[C@H](CO)[C@@H](O)[C@H](O)[C@@H]2O)c(=O)c1=O. The summed E-state index contributed by atoms with van der Waals surface area (Å²) in [6, 6.07) is 0. The van der Waals surface area contributed by atoms with Gasteiger partial charge >= 0.3 is 0 Å². The first-order chi connectivity index (χ1) is 23.9. The van der Waals surface area contributed by atoms with E-state index in [4.69, 9.17) is 33.2 Å². The Morgan fingerprint density at radius 1 is 0.660 bits per heavy atom. The molecular weight excluding hydrogens is 698 g/mol. The zero-order valence-corrected chi connectivity index (χ0v) is 27.9. The zero-order chi connectivity index (χ0) is 36.7. The maximum absolute atomic E-state index is 11.7. The summed E-state index contributed by atoms with van der Waals surface area (Å²) in [5.41, 5.74) is -1.15. The highest BCUT2D eigenvalue weighted by Gasteiger charge is 2.54. The molecule has 3 aliphatic rings. The Hall–Kier alpha value is -1.61. The van der Waals surface area contributed by atoms with E-state index in [2.05, 4.69) is 5.32 Å². The maximum Gasteiger partial charge on any atom is 0.272 e. The van der Waals surface area contributed by atoms with Gasteiger partial charge in [-0.15, -0.1) is 0 Å². The van der Waals surface area contributed by atoms with E-state index in [-0.39, 0.29) is 24.7 Å². The van der Waals surface area contributed by atoms with Crippen LogP contribution in [0.1, 0.15) is 13.3 Å². The quantitative estimate of drug-likeness (QED) is 0.0492. The fourth-order valence-corrected chi connectivity index (χ4v) is 6.43. The molecule has 288 valence electrons. The standard InChI is InChI=1S/C29H47NO19S/c1-2-43-24-14(18(37)22(24)41)30-4-7-50-6-3-5-44-28-25(20(39)16(35)12(9-32)46-28)49-29-26(21(40)17(36)13(10-33)47-29)48-27-23(42)19(38)15(34)11(8-31)45-27/h11-13,15-17,19-21,23,25-36,38-40,42H,2-10H2,1H3/t11-,12-,13-,15-,16-,17-,19+,20+,21+,23+,25+,26+,27+,28-,29+/m1/s1. The van der Waals surface area contributed by atoms with Crippen molar-refractivity contribution >= 4 is 17.4 Å². The molecule has 15 atom stereocenters. The third-order valence-corrected chi connectivity index (χ3v) is 9.57. The van der Waals surface area contributed by atoms with Crippen molar-refractivity contribution in [2.75, 3.05) is 56.4 Å². The largest absolute Gasteiger partial charge is 0.488 e. The molecule has 0 aromatic heterocycles. The summed E-state index contributed by atoms with van der Waals surface area (Å²) in [6.45, 7) is 0.0467.